The maximum absolute atomic E-state index is 6.41. The van der Waals surface area contributed by atoms with Gasteiger partial charge in [0.2, 0.25) is 0 Å². The lowest BCUT2D eigenvalue weighted by Crippen LogP contribution is -2.03. The Morgan fingerprint density at radius 2 is 1.16 bits per heavy atom. The SMILES string of the molecule is c1cc2c3c(c1)ccc1c3c3c4c(ccc3n1-c1nc3sc5ccccc5c3nc1-c1cccc3oc5ccccc5c13)sc1cccc-2c14. The van der Waals surface area contributed by atoms with Gasteiger partial charge in [-0.25, -0.2) is 9.97 Å². The molecule has 5 aromatic heterocycles. The molecule has 4 nitrogen and oxygen atoms in total. The first-order valence-electron chi connectivity index (χ1n) is 16.7. The van der Waals surface area contributed by atoms with Gasteiger partial charge >= 0.3 is 0 Å². The highest BCUT2D eigenvalue weighted by atomic mass is 32.1. The van der Waals surface area contributed by atoms with Crippen LogP contribution in [0, 0.1) is 0 Å². The maximum Gasteiger partial charge on any atom is 0.166 e. The molecule has 0 aliphatic heterocycles. The summed E-state index contributed by atoms with van der Waals surface area (Å²) in [7, 11) is 0. The number of nitrogens with zero attached hydrogens (tertiary/aromatic N) is 3. The first-order chi connectivity index (χ1) is 24.8. The average molecular weight is 672 g/mol. The van der Waals surface area contributed by atoms with Gasteiger partial charge < -0.3 is 4.42 Å². The van der Waals surface area contributed by atoms with Gasteiger partial charge in [0.15, 0.2) is 5.82 Å². The van der Waals surface area contributed by atoms with Crippen LogP contribution in [0.5, 0.6) is 0 Å². The van der Waals surface area contributed by atoms with Gasteiger partial charge in [0, 0.05) is 57.4 Å². The molecule has 0 bridgehead atoms. The Balaban J connectivity index is 1.28. The second kappa shape index (κ2) is 8.93. The van der Waals surface area contributed by atoms with Crippen molar-refractivity contribution in [2.24, 2.45) is 0 Å². The number of rotatable bonds is 2. The molecule has 7 aromatic carbocycles. The third-order valence-electron chi connectivity index (χ3n) is 10.8. The third-order valence-corrected chi connectivity index (χ3v) is 12.9. The van der Waals surface area contributed by atoms with Crippen molar-refractivity contribution in [1.29, 1.82) is 0 Å². The van der Waals surface area contributed by atoms with E-state index in [1.165, 1.54) is 57.5 Å². The van der Waals surface area contributed by atoms with E-state index < -0.39 is 0 Å². The molecule has 1 aliphatic rings. The topological polar surface area (TPSA) is 43.9 Å². The summed E-state index contributed by atoms with van der Waals surface area (Å²) in [6.07, 6.45) is 0. The van der Waals surface area contributed by atoms with E-state index in [0.29, 0.717) is 0 Å². The van der Waals surface area contributed by atoms with Crippen LogP contribution in [-0.2, 0) is 0 Å². The fraction of sp³-hybridized carbons (Fsp3) is 0. The van der Waals surface area contributed by atoms with E-state index in [4.69, 9.17) is 14.4 Å². The molecule has 1 aliphatic carbocycles. The van der Waals surface area contributed by atoms with Gasteiger partial charge in [-0.2, -0.15) is 0 Å². The predicted molar refractivity (Wildman–Crippen MR) is 211 cm³/mol. The Hall–Kier alpha value is -6.08. The zero-order chi connectivity index (χ0) is 32.2. The minimum atomic E-state index is 0.832. The Bertz CT molecular complexity index is 3510. The molecule has 0 radical (unpaired) electrons. The van der Waals surface area contributed by atoms with Gasteiger partial charge in [0.1, 0.15) is 27.2 Å². The van der Waals surface area contributed by atoms with Crippen LogP contribution in [0.4, 0.5) is 0 Å². The molecule has 0 saturated heterocycles. The van der Waals surface area contributed by atoms with Crippen molar-refractivity contribution in [2.75, 3.05) is 0 Å². The number of para-hydroxylation sites is 1. The van der Waals surface area contributed by atoms with Crippen molar-refractivity contribution < 1.29 is 4.42 Å². The zero-order valence-electron chi connectivity index (χ0n) is 26.2. The molecule has 0 fully saturated rings. The van der Waals surface area contributed by atoms with Crippen molar-refractivity contribution in [3.05, 3.63) is 127 Å². The molecule has 0 amide bonds. The summed E-state index contributed by atoms with van der Waals surface area (Å²) >= 11 is 3.59. The van der Waals surface area contributed by atoms with Gasteiger partial charge in [-0.05, 0) is 64.4 Å². The molecule has 0 N–H and O–H groups in total. The van der Waals surface area contributed by atoms with Crippen LogP contribution >= 0.6 is 22.7 Å². The number of benzene rings is 7. The minimum Gasteiger partial charge on any atom is -0.456 e. The normalized spacial score (nSPS) is 12.8. The van der Waals surface area contributed by atoms with E-state index in [2.05, 4.69) is 120 Å². The molecule has 230 valence electrons. The standard InChI is InChI=1S/C44H21N3OS2/c1-3-14-30-25(9-1)36-27(13-6-15-31(36)48-30)41-43(46-44-42(45-41)26-10-2-4-16-32(26)50-44)47-28-19-18-22-8-5-11-23-24-12-7-17-33-37(24)40-34(49-33)21-20-29(47)39(40)38(28)35(22)23/h1-21H. The first kappa shape index (κ1) is 25.9. The quantitative estimate of drug-likeness (QED) is 0.184. The van der Waals surface area contributed by atoms with Crippen molar-refractivity contribution >= 4 is 118 Å². The van der Waals surface area contributed by atoms with Crippen molar-refractivity contribution in [3.63, 3.8) is 0 Å². The smallest absolute Gasteiger partial charge is 0.166 e. The number of hydrogen-bond acceptors (Lipinski definition) is 5. The lowest BCUT2D eigenvalue weighted by molar-refractivity contribution is 0.669. The second-order valence-corrected chi connectivity index (χ2v) is 15.4. The molecule has 13 rings (SSSR count). The van der Waals surface area contributed by atoms with E-state index in [-0.39, 0.29) is 0 Å². The van der Waals surface area contributed by atoms with E-state index in [9.17, 15) is 0 Å². The Morgan fingerprint density at radius 3 is 2.10 bits per heavy atom. The van der Waals surface area contributed by atoms with Crippen molar-refractivity contribution in [2.45, 2.75) is 0 Å². The average Bonchev–Trinajstić information content (AvgIpc) is 3.90. The first-order valence-corrected chi connectivity index (χ1v) is 18.4. The molecule has 0 saturated carbocycles. The number of fused-ring (bicyclic) bond motifs is 7. The van der Waals surface area contributed by atoms with Gasteiger partial charge in [-0.1, -0.05) is 84.9 Å². The monoisotopic (exact) mass is 671 g/mol. The van der Waals surface area contributed by atoms with Crippen LogP contribution in [0.1, 0.15) is 0 Å². The summed E-state index contributed by atoms with van der Waals surface area (Å²) in [5.74, 6) is 0.832. The van der Waals surface area contributed by atoms with Crippen LogP contribution in [0.2, 0.25) is 0 Å². The van der Waals surface area contributed by atoms with E-state index in [1.54, 1.807) is 11.3 Å². The molecular formula is C44H21N3OS2. The summed E-state index contributed by atoms with van der Waals surface area (Å²) < 4.78 is 12.6. The Labute approximate surface area is 291 Å². The third kappa shape index (κ3) is 3.04. The largest absolute Gasteiger partial charge is 0.456 e. The van der Waals surface area contributed by atoms with Crippen LogP contribution in [0.15, 0.2) is 132 Å². The van der Waals surface area contributed by atoms with E-state index in [1.807, 2.05) is 23.5 Å². The summed E-state index contributed by atoms with van der Waals surface area (Å²) in [5.41, 5.74) is 9.39. The van der Waals surface area contributed by atoms with Crippen LogP contribution in [0.25, 0.3) is 123 Å². The number of thiophene rings is 2. The second-order valence-electron chi connectivity index (χ2n) is 13.2. The number of furan rings is 1. The summed E-state index contributed by atoms with van der Waals surface area (Å²) in [6.45, 7) is 0. The molecule has 0 unspecified atom stereocenters. The van der Waals surface area contributed by atoms with Crippen LogP contribution in [0.3, 0.4) is 0 Å². The highest BCUT2D eigenvalue weighted by molar-refractivity contribution is 7.26. The van der Waals surface area contributed by atoms with Crippen LogP contribution in [-0.4, -0.2) is 14.5 Å². The highest BCUT2D eigenvalue weighted by Crippen LogP contribution is 2.52. The maximum atomic E-state index is 6.41. The fourth-order valence-corrected chi connectivity index (χ4v) is 10.9. The van der Waals surface area contributed by atoms with Crippen LogP contribution < -0.4 is 0 Å². The zero-order valence-corrected chi connectivity index (χ0v) is 27.8. The van der Waals surface area contributed by atoms with Crippen molar-refractivity contribution in [1.82, 2.24) is 14.5 Å². The van der Waals surface area contributed by atoms with Gasteiger partial charge in [0.25, 0.3) is 0 Å². The van der Waals surface area contributed by atoms with Gasteiger partial charge in [0.05, 0.1) is 11.0 Å². The molecule has 5 heterocycles. The Kier molecular flexibility index (Phi) is 4.62. The lowest BCUT2D eigenvalue weighted by atomic mass is 9.95. The van der Waals surface area contributed by atoms with E-state index >= 15 is 0 Å². The minimum absolute atomic E-state index is 0.832. The highest BCUT2D eigenvalue weighted by Gasteiger charge is 2.28. The lowest BCUT2D eigenvalue weighted by Gasteiger charge is -2.14. The molecular weight excluding hydrogens is 651 g/mol. The van der Waals surface area contributed by atoms with E-state index in [0.717, 1.165) is 65.8 Å². The summed E-state index contributed by atoms with van der Waals surface area (Å²) in [4.78, 5) is 12.1. The molecule has 50 heavy (non-hydrogen) atoms. The molecule has 0 spiro atoms. The predicted octanol–water partition coefficient (Wildman–Crippen LogP) is 13.0. The van der Waals surface area contributed by atoms with Gasteiger partial charge in [-0.15, -0.1) is 22.7 Å². The Morgan fingerprint density at radius 1 is 0.460 bits per heavy atom. The van der Waals surface area contributed by atoms with Crippen molar-refractivity contribution in [3.8, 4) is 28.2 Å². The number of aromatic nitrogens is 3. The molecule has 6 heteroatoms. The van der Waals surface area contributed by atoms with Gasteiger partial charge in [-0.3, -0.25) is 4.57 Å². The molecule has 0 atom stereocenters. The summed E-state index contributed by atoms with van der Waals surface area (Å²) in [5, 5.41) is 11.1. The summed E-state index contributed by atoms with van der Waals surface area (Å²) in [6, 6.07) is 45.8. The number of hydrogen-bond donors (Lipinski definition) is 0. The molecule has 12 aromatic rings. The fourth-order valence-electron chi connectivity index (χ4n) is 8.77.